The first-order chi connectivity index (χ1) is 9.83. The highest BCUT2D eigenvalue weighted by Gasteiger charge is 2.06. The molecule has 0 saturated heterocycles. The standard InChI is InChI=1S/C13H11FN6/c14-12-5-10(18-7-11-6-15-3-4-17-11)1-2-13(12)20-9-16-8-19-20/h1-6,8-9,18H,7H2. The summed E-state index contributed by atoms with van der Waals surface area (Å²) in [6, 6.07) is 4.83. The molecule has 0 unspecified atom stereocenters. The van der Waals surface area contributed by atoms with Gasteiger partial charge in [-0.25, -0.2) is 14.1 Å². The monoisotopic (exact) mass is 270 g/mol. The Morgan fingerprint density at radius 1 is 1.20 bits per heavy atom. The van der Waals surface area contributed by atoms with Crippen molar-refractivity contribution in [3.05, 3.63) is 61.0 Å². The highest BCUT2D eigenvalue weighted by Crippen LogP contribution is 2.17. The first-order valence-electron chi connectivity index (χ1n) is 5.96. The molecular weight excluding hydrogens is 259 g/mol. The van der Waals surface area contributed by atoms with E-state index in [1.807, 2.05) is 0 Å². The summed E-state index contributed by atoms with van der Waals surface area (Å²) in [6.45, 7) is 0.482. The first kappa shape index (κ1) is 12.2. The SMILES string of the molecule is Fc1cc(NCc2cnccn2)ccc1-n1cncn1. The third kappa shape index (κ3) is 2.61. The summed E-state index contributed by atoms with van der Waals surface area (Å²) >= 11 is 0. The van der Waals surface area contributed by atoms with Crippen LogP contribution in [-0.2, 0) is 6.54 Å². The van der Waals surface area contributed by atoms with Gasteiger partial charge in [0.05, 0.1) is 18.4 Å². The lowest BCUT2D eigenvalue weighted by Gasteiger charge is -2.08. The number of halogens is 1. The van der Waals surface area contributed by atoms with Crippen LogP contribution in [0.5, 0.6) is 0 Å². The fourth-order valence-corrected chi connectivity index (χ4v) is 1.75. The molecule has 100 valence electrons. The molecule has 0 fully saturated rings. The number of benzene rings is 1. The van der Waals surface area contributed by atoms with Gasteiger partial charge < -0.3 is 5.32 Å². The Morgan fingerprint density at radius 3 is 2.85 bits per heavy atom. The van der Waals surface area contributed by atoms with Gasteiger partial charge >= 0.3 is 0 Å². The molecule has 3 aromatic rings. The lowest BCUT2D eigenvalue weighted by Crippen LogP contribution is -2.04. The number of aromatic nitrogens is 5. The minimum atomic E-state index is -0.375. The fraction of sp³-hybridized carbons (Fsp3) is 0.0769. The van der Waals surface area contributed by atoms with Crippen molar-refractivity contribution in [3.8, 4) is 5.69 Å². The van der Waals surface area contributed by atoms with Gasteiger partial charge in [-0.3, -0.25) is 9.97 Å². The molecule has 0 radical (unpaired) electrons. The molecule has 0 aliphatic carbocycles. The quantitative estimate of drug-likeness (QED) is 0.783. The molecule has 0 aliphatic rings. The third-order valence-electron chi connectivity index (χ3n) is 2.70. The van der Waals surface area contributed by atoms with Crippen LogP contribution in [0, 0.1) is 5.82 Å². The largest absolute Gasteiger partial charge is 0.379 e. The van der Waals surface area contributed by atoms with Crippen LogP contribution in [-0.4, -0.2) is 24.7 Å². The summed E-state index contributed by atoms with van der Waals surface area (Å²) in [4.78, 5) is 11.9. The van der Waals surface area contributed by atoms with Crippen LogP contribution in [0.1, 0.15) is 5.69 Å². The van der Waals surface area contributed by atoms with Gasteiger partial charge in [-0.05, 0) is 18.2 Å². The molecule has 3 rings (SSSR count). The molecule has 1 aromatic carbocycles. The van der Waals surface area contributed by atoms with E-state index in [0.717, 1.165) is 5.69 Å². The summed E-state index contributed by atoms with van der Waals surface area (Å²) < 4.78 is 15.4. The van der Waals surface area contributed by atoms with E-state index in [1.54, 1.807) is 30.7 Å². The van der Waals surface area contributed by atoms with Crippen molar-refractivity contribution in [1.29, 1.82) is 0 Å². The van der Waals surface area contributed by atoms with Gasteiger partial charge in [-0.15, -0.1) is 0 Å². The fourth-order valence-electron chi connectivity index (χ4n) is 1.75. The lowest BCUT2D eigenvalue weighted by molar-refractivity contribution is 0.611. The van der Waals surface area contributed by atoms with Crippen molar-refractivity contribution in [2.24, 2.45) is 0 Å². The molecule has 6 nitrogen and oxygen atoms in total. The maximum Gasteiger partial charge on any atom is 0.150 e. The molecule has 0 amide bonds. The molecule has 0 atom stereocenters. The number of nitrogens with zero attached hydrogens (tertiary/aromatic N) is 5. The maximum atomic E-state index is 14.0. The van der Waals surface area contributed by atoms with Crippen molar-refractivity contribution >= 4 is 5.69 Å². The van der Waals surface area contributed by atoms with Gasteiger partial charge in [0.2, 0.25) is 0 Å². The van der Waals surface area contributed by atoms with Crippen molar-refractivity contribution in [1.82, 2.24) is 24.7 Å². The molecule has 0 aliphatic heterocycles. The molecule has 7 heteroatoms. The second kappa shape index (κ2) is 5.43. The van der Waals surface area contributed by atoms with E-state index in [-0.39, 0.29) is 5.82 Å². The summed E-state index contributed by atoms with van der Waals surface area (Å²) in [5.74, 6) is -0.375. The Bertz CT molecular complexity index is 683. The minimum absolute atomic E-state index is 0.354. The van der Waals surface area contributed by atoms with Crippen LogP contribution in [0.3, 0.4) is 0 Å². The van der Waals surface area contributed by atoms with E-state index < -0.39 is 0 Å². The van der Waals surface area contributed by atoms with Crippen LogP contribution in [0.4, 0.5) is 10.1 Å². The van der Waals surface area contributed by atoms with Crippen molar-refractivity contribution in [3.63, 3.8) is 0 Å². The number of rotatable bonds is 4. The second-order valence-electron chi connectivity index (χ2n) is 4.06. The number of anilines is 1. The van der Waals surface area contributed by atoms with Gasteiger partial charge in [0.1, 0.15) is 18.3 Å². The van der Waals surface area contributed by atoms with E-state index in [1.165, 1.54) is 23.4 Å². The molecule has 0 bridgehead atoms. The van der Waals surface area contributed by atoms with Gasteiger partial charge in [0.15, 0.2) is 5.82 Å². The number of hydrogen-bond acceptors (Lipinski definition) is 5. The van der Waals surface area contributed by atoms with E-state index in [9.17, 15) is 4.39 Å². The first-order valence-corrected chi connectivity index (χ1v) is 5.96. The molecule has 20 heavy (non-hydrogen) atoms. The van der Waals surface area contributed by atoms with Gasteiger partial charge in [-0.2, -0.15) is 5.10 Å². The van der Waals surface area contributed by atoms with E-state index in [4.69, 9.17) is 0 Å². The highest BCUT2D eigenvalue weighted by atomic mass is 19.1. The van der Waals surface area contributed by atoms with E-state index in [0.29, 0.717) is 17.9 Å². The highest BCUT2D eigenvalue weighted by molar-refractivity contribution is 5.49. The Labute approximate surface area is 114 Å². The van der Waals surface area contributed by atoms with E-state index in [2.05, 4.69) is 25.4 Å². The Kier molecular flexibility index (Phi) is 3.32. The zero-order valence-corrected chi connectivity index (χ0v) is 10.4. The van der Waals surface area contributed by atoms with Crippen LogP contribution >= 0.6 is 0 Å². The zero-order chi connectivity index (χ0) is 13.8. The predicted molar refractivity (Wildman–Crippen MR) is 70.7 cm³/mol. The van der Waals surface area contributed by atoms with Gasteiger partial charge in [0.25, 0.3) is 0 Å². The van der Waals surface area contributed by atoms with Crippen molar-refractivity contribution < 1.29 is 4.39 Å². The van der Waals surface area contributed by atoms with E-state index >= 15 is 0 Å². The summed E-state index contributed by atoms with van der Waals surface area (Å²) in [5, 5.41) is 6.98. The van der Waals surface area contributed by atoms with Gasteiger partial charge in [0, 0.05) is 18.1 Å². The van der Waals surface area contributed by atoms with Crippen LogP contribution in [0.2, 0.25) is 0 Å². The normalized spacial score (nSPS) is 10.4. The zero-order valence-electron chi connectivity index (χ0n) is 10.4. The summed E-state index contributed by atoms with van der Waals surface area (Å²) in [5.41, 5.74) is 1.80. The summed E-state index contributed by atoms with van der Waals surface area (Å²) in [7, 11) is 0. The lowest BCUT2D eigenvalue weighted by atomic mass is 10.2. The molecule has 2 aromatic heterocycles. The van der Waals surface area contributed by atoms with Gasteiger partial charge in [-0.1, -0.05) is 0 Å². The average molecular weight is 270 g/mol. The molecule has 0 spiro atoms. The summed E-state index contributed by atoms with van der Waals surface area (Å²) in [6.07, 6.45) is 7.69. The second-order valence-corrected chi connectivity index (χ2v) is 4.06. The topological polar surface area (TPSA) is 68.5 Å². The Balaban J connectivity index is 1.74. The van der Waals surface area contributed by atoms with Crippen molar-refractivity contribution in [2.75, 3.05) is 5.32 Å². The molecule has 2 heterocycles. The third-order valence-corrected chi connectivity index (χ3v) is 2.70. The molecule has 1 N–H and O–H groups in total. The molecular formula is C13H11FN6. The van der Waals surface area contributed by atoms with Crippen molar-refractivity contribution in [2.45, 2.75) is 6.54 Å². The number of hydrogen-bond donors (Lipinski definition) is 1. The van der Waals surface area contributed by atoms with Crippen LogP contribution in [0.25, 0.3) is 5.69 Å². The minimum Gasteiger partial charge on any atom is -0.379 e. The number of nitrogens with one attached hydrogen (secondary N) is 1. The predicted octanol–water partition coefficient (Wildman–Crippen LogP) is 1.81. The maximum absolute atomic E-state index is 14.0. The van der Waals surface area contributed by atoms with Crippen LogP contribution in [0.15, 0.2) is 49.4 Å². The molecule has 0 saturated carbocycles. The Morgan fingerprint density at radius 2 is 2.15 bits per heavy atom. The van der Waals surface area contributed by atoms with Crippen LogP contribution < -0.4 is 5.32 Å². The average Bonchev–Trinajstić information content (AvgIpc) is 3.00. The Hall–Kier alpha value is -2.83. The smallest absolute Gasteiger partial charge is 0.150 e.